The minimum absolute atomic E-state index is 0.236. The zero-order valence-electron chi connectivity index (χ0n) is 16.4. The first-order valence-electron chi connectivity index (χ1n) is 8.39. The van der Waals surface area contributed by atoms with Crippen LogP contribution in [-0.2, 0) is 4.79 Å². The van der Waals surface area contributed by atoms with Gasteiger partial charge in [0, 0.05) is 25.0 Å². The molecule has 8 nitrogen and oxygen atoms in total. The fraction of sp³-hybridized carbons (Fsp3) is 0.316. The van der Waals surface area contributed by atoms with Crippen molar-refractivity contribution in [2.75, 3.05) is 40.2 Å². The van der Waals surface area contributed by atoms with Gasteiger partial charge < -0.3 is 25.0 Å². The molecule has 0 radical (unpaired) electrons. The molecule has 1 aromatic carbocycles. The van der Waals surface area contributed by atoms with E-state index in [-0.39, 0.29) is 29.6 Å². The average Bonchev–Trinajstić information content (AvgIpc) is 3.11. The Kier molecular flexibility index (Phi) is 7.00. The number of ether oxygens (including phenoxy) is 2. The Morgan fingerprint density at radius 3 is 2.25 bits per heavy atom. The number of benzene rings is 1. The standard InChI is InChI=1S/C19H23N3O5S/c1-11-6-7-16(28-11)18(24)20-10-17(23)21-13-9-15(27-5)14(26-4)8-12(13)19(25)22(2)3/h6-9H,10H2,1-5H3,(H,20,24)(H,21,23). The summed E-state index contributed by atoms with van der Waals surface area (Å²) in [4.78, 5) is 39.8. The van der Waals surface area contributed by atoms with Gasteiger partial charge in [0.2, 0.25) is 5.91 Å². The zero-order chi connectivity index (χ0) is 20.8. The summed E-state index contributed by atoms with van der Waals surface area (Å²) in [6.07, 6.45) is 0. The molecule has 0 atom stereocenters. The lowest BCUT2D eigenvalue weighted by Crippen LogP contribution is -2.33. The fourth-order valence-electron chi connectivity index (χ4n) is 2.40. The third kappa shape index (κ3) is 5.01. The van der Waals surface area contributed by atoms with Crippen LogP contribution in [0.5, 0.6) is 11.5 Å². The number of carbonyl (C=O) groups is 3. The number of nitrogens with one attached hydrogen (secondary N) is 2. The van der Waals surface area contributed by atoms with Crippen LogP contribution in [0.4, 0.5) is 5.69 Å². The monoisotopic (exact) mass is 405 g/mol. The number of thiophene rings is 1. The number of carbonyl (C=O) groups excluding carboxylic acids is 3. The van der Waals surface area contributed by atoms with Crippen LogP contribution < -0.4 is 20.1 Å². The summed E-state index contributed by atoms with van der Waals surface area (Å²) < 4.78 is 10.5. The predicted molar refractivity (Wildman–Crippen MR) is 108 cm³/mol. The third-order valence-electron chi connectivity index (χ3n) is 3.81. The molecular formula is C19H23N3O5S. The van der Waals surface area contributed by atoms with Gasteiger partial charge in [-0.25, -0.2) is 0 Å². The summed E-state index contributed by atoms with van der Waals surface area (Å²) in [5.74, 6) is -0.376. The van der Waals surface area contributed by atoms with E-state index >= 15 is 0 Å². The van der Waals surface area contributed by atoms with Gasteiger partial charge in [0.1, 0.15) is 0 Å². The van der Waals surface area contributed by atoms with Crippen molar-refractivity contribution in [3.63, 3.8) is 0 Å². The van der Waals surface area contributed by atoms with Crippen molar-refractivity contribution in [1.29, 1.82) is 0 Å². The highest BCUT2D eigenvalue weighted by Crippen LogP contribution is 2.33. The minimum atomic E-state index is -0.471. The molecule has 2 N–H and O–H groups in total. The van der Waals surface area contributed by atoms with Crippen LogP contribution in [0.1, 0.15) is 24.9 Å². The Morgan fingerprint density at radius 2 is 1.71 bits per heavy atom. The smallest absolute Gasteiger partial charge is 0.261 e. The van der Waals surface area contributed by atoms with Crippen molar-refractivity contribution in [3.8, 4) is 11.5 Å². The third-order valence-corrected chi connectivity index (χ3v) is 4.81. The van der Waals surface area contributed by atoms with Crippen molar-refractivity contribution in [1.82, 2.24) is 10.2 Å². The molecule has 0 saturated carbocycles. The molecule has 0 bridgehead atoms. The lowest BCUT2D eigenvalue weighted by atomic mass is 10.1. The van der Waals surface area contributed by atoms with Gasteiger partial charge >= 0.3 is 0 Å². The molecule has 2 rings (SSSR count). The van der Waals surface area contributed by atoms with Crippen molar-refractivity contribution in [2.24, 2.45) is 0 Å². The molecule has 0 aliphatic heterocycles. The van der Waals surface area contributed by atoms with E-state index in [1.807, 2.05) is 13.0 Å². The van der Waals surface area contributed by atoms with Crippen LogP contribution in [0.15, 0.2) is 24.3 Å². The maximum absolute atomic E-state index is 12.5. The van der Waals surface area contributed by atoms with Crippen LogP contribution in [0, 0.1) is 6.92 Å². The number of hydrogen-bond donors (Lipinski definition) is 2. The summed E-state index contributed by atoms with van der Waals surface area (Å²) >= 11 is 1.35. The van der Waals surface area contributed by atoms with E-state index in [1.54, 1.807) is 20.2 Å². The van der Waals surface area contributed by atoms with E-state index in [0.29, 0.717) is 16.4 Å². The molecule has 1 heterocycles. The van der Waals surface area contributed by atoms with Crippen molar-refractivity contribution in [3.05, 3.63) is 39.6 Å². The first kappa shape index (κ1) is 21.2. The lowest BCUT2D eigenvalue weighted by molar-refractivity contribution is -0.115. The second-order valence-corrected chi connectivity index (χ2v) is 7.38. The Hall–Kier alpha value is -3.07. The molecule has 0 saturated heterocycles. The second-order valence-electron chi connectivity index (χ2n) is 6.09. The van der Waals surface area contributed by atoms with Gasteiger partial charge in [-0.2, -0.15) is 0 Å². The first-order chi connectivity index (χ1) is 13.3. The van der Waals surface area contributed by atoms with Crippen molar-refractivity contribution in [2.45, 2.75) is 6.92 Å². The molecule has 0 fully saturated rings. The normalized spacial score (nSPS) is 10.2. The predicted octanol–water partition coefficient (Wildman–Crippen LogP) is 2.14. The fourth-order valence-corrected chi connectivity index (χ4v) is 3.18. The summed E-state index contributed by atoms with van der Waals surface area (Å²) in [7, 11) is 6.13. The average molecular weight is 405 g/mol. The highest BCUT2D eigenvalue weighted by Gasteiger charge is 2.20. The number of amides is 3. The van der Waals surface area contributed by atoms with E-state index in [2.05, 4.69) is 10.6 Å². The summed E-state index contributed by atoms with van der Waals surface area (Å²) in [6.45, 7) is 1.66. The molecule has 0 spiro atoms. The Bertz CT molecular complexity index is 892. The Labute approximate surface area is 167 Å². The SMILES string of the molecule is COc1cc(NC(=O)CNC(=O)c2ccc(C)s2)c(C(=O)N(C)C)cc1OC. The van der Waals surface area contributed by atoms with Gasteiger partial charge in [0.25, 0.3) is 11.8 Å². The topological polar surface area (TPSA) is 97.0 Å². The molecule has 2 aromatic rings. The molecule has 150 valence electrons. The van der Waals surface area contributed by atoms with Crippen LogP contribution in [-0.4, -0.2) is 57.5 Å². The zero-order valence-corrected chi connectivity index (χ0v) is 17.2. The Morgan fingerprint density at radius 1 is 1.07 bits per heavy atom. The number of rotatable bonds is 7. The van der Waals surface area contributed by atoms with Crippen LogP contribution in [0.3, 0.4) is 0 Å². The van der Waals surface area contributed by atoms with Crippen LogP contribution in [0.2, 0.25) is 0 Å². The van der Waals surface area contributed by atoms with Gasteiger partial charge in [-0.15, -0.1) is 11.3 Å². The van der Waals surface area contributed by atoms with E-state index in [0.717, 1.165) is 4.88 Å². The van der Waals surface area contributed by atoms with Gasteiger partial charge in [0.05, 0.1) is 36.9 Å². The van der Waals surface area contributed by atoms with Gasteiger partial charge in [-0.05, 0) is 25.1 Å². The number of nitrogens with zero attached hydrogens (tertiary/aromatic N) is 1. The maximum Gasteiger partial charge on any atom is 0.261 e. The maximum atomic E-state index is 12.5. The molecule has 0 unspecified atom stereocenters. The van der Waals surface area contributed by atoms with Crippen molar-refractivity contribution < 1.29 is 23.9 Å². The highest BCUT2D eigenvalue weighted by atomic mass is 32.1. The molecule has 0 aliphatic rings. The molecule has 9 heteroatoms. The summed E-state index contributed by atoms with van der Waals surface area (Å²) in [6, 6.07) is 6.56. The largest absolute Gasteiger partial charge is 0.493 e. The summed E-state index contributed by atoms with van der Waals surface area (Å²) in [5.41, 5.74) is 0.513. The quantitative estimate of drug-likeness (QED) is 0.736. The van der Waals surface area contributed by atoms with Gasteiger partial charge in [-0.1, -0.05) is 0 Å². The molecular weight excluding hydrogens is 382 g/mol. The van der Waals surface area contributed by atoms with Crippen molar-refractivity contribution >= 4 is 34.7 Å². The summed E-state index contributed by atoms with van der Waals surface area (Å²) in [5, 5.41) is 5.21. The number of anilines is 1. The van der Waals surface area contributed by atoms with E-state index in [9.17, 15) is 14.4 Å². The number of aryl methyl sites for hydroxylation is 1. The molecule has 3 amide bonds. The van der Waals surface area contributed by atoms with E-state index in [4.69, 9.17) is 9.47 Å². The number of methoxy groups -OCH3 is 2. The van der Waals surface area contributed by atoms with Gasteiger partial charge in [0.15, 0.2) is 11.5 Å². The second kappa shape index (κ2) is 9.23. The first-order valence-corrected chi connectivity index (χ1v) is 9.20. The van der Waals surface area contributed by atoms with Gasteiger partial charge in [-0.3, -0.25) is 14.4 Å². The highest BCUT2D eigenvalue weighted by molar-refractivity contribution is 7.13. The molecule has 1 aromatic heterocycles. The van der Waals surface area contributed by atoms with E-state index < -0.39 is 5.91 Å². The van der Waals surface area contributed by atoms with E-state index in [1.165, 1.54) is 42.6 Å². The number of hydrogen-bond acceptors (Lipinski definition) is 6. The molecule has 28 heavy (non-hydrogen) atoms. The molecule has 0 aliphatic carbocycles. The minimum Gasteiger partial charge on any atom is -0.493 e. The Balaban J connectivity index is 2.17. The lowest BCUT2D eigenvalue weighted by Gasteiger charge is -2.18. The van der Waals surface area contributed by atoms with Crippen LogP contribution >= 0.6 is 11.3 Å². The van der Waals surface area contributed by atoms with Crippen LogP contribution in [0.25, 0.3) is 0 Å².